The second-order valence-corrected chi connectivity index (χ2v) is 4.37. The standard InChI is InChI=1S/C17H14N2O/c1-20-17-18-11-14(12-19-17)16-10-6-5-9-15(16)13-7-3-2-4-8-13/h2-12H,1H3. The first-order chi connectivity index (χ1) is 9.88. The Labute approximate surface area is 117 Å². The van der Waals surface area contributed by atoms with Crippen molar-refractivity contribution in [2.45, 2.75) is 0 Å². The zero-order valence-corrected chi connectivity index (χ0v) is 11.2. The van der Waals surface area contributed by atoms with Gasteiger partial charge in [0.05, 0.1) is 7.11 Å². The summed E-state index contributed by atoms with van der Waals surface area (Å²) in [5.41, 5.74) is 4.44. The van der Waals surface area contributed by atoms with E-state index in [2.05, 4.69) is 34.2 Å². The Morgan fingerprint density at radius 2 is 1.25 bits per heavy atom. The highest BCUT2D eigenvalue weighted by atomic mass is 16.5. The second-order valence-electron chi connectivity index (χ2n) is 4.37. The summed E-state index contributed by atoms with van der Waals surface area (Å²) in [7, 11) is 1.56. The molecule has 2 aromatic carbocycles. The van der Waals surface area contributed by atoms with E-state index in [4.69, 9.17) is 4.74 Å². The molecule has 3 heteroatoms. The average Bonchev–Trinajstić information content (AvgIpc) is 2.56. The maximum absolute atomic E-state index is 5.00. The number of benzene rings is 2. The molecule has 0 radical (unpaired) electrons. The van der Waals surface area contributed by atoms with E-state index in [-0.39, 0.29) is 0 Å². The molecule has 1 aromatic heterocycles. The highest BCUT2D eigenvalue weighted by Gasteiger charge is 2.07. The fourth-order valence-corrected chi connectivity index (χ4v) is 2.16. The van der Waals surface area contributed by atoms with Crippen molar-refractivity contribution in [2.75, 3.05) is 7.11 Å². The van der Waals surface area contributed by atoms with Crippen LogP contribution in [0.1, 0.15) is 0 Å². The molecule has 3 nitrogen and oxygen atoms in total. The van der Waals surface area contributed by atoms with E-state index in [1.165, 1.54) is 11.1 Å². The molecule has 0 unspecified atom stereocenters. The molecule has 3 rings (SSSR count). The number of nitrogens with zero attached hydrogens (tertiary/aromatic N) is 2. The van der Waals surface area contributed by atoms with Crippen LogP contribution in [-0.4, -0.2) is 17.1 Å². The lowest BCUT2D eigenvalue weighted by molar-refractivity contribution is 0.380. The molecular formula is C17H14N2O. The molecule has 0 aliphatic carbocycles. The molecule has 1 heterocycles. The van der Waals surface area contributed by atoms with Gasteiger partial charge in [-0.25, -0.2) is 9.97 Å². The van der Waals surface area contributed by atoms with Gasteiger partial charge in [-0.2, -0.15) is 0 Å². The molecule has 0 aliphatic heterocycles. The van der Waals surface area contributed by atoms with Gasteiger partial charge >= 0.3 is 6.01 Å². The van der Waals surface area contributed by atoms with Gasteiger partial charge in [0.15, 0.2) is 0 Å². The predicted molar refractivity (Wildman–Crippen MR) is 79.5 cm³/mol. The van der Waals surface area contributed by atoms with E-state index in [0.717, 1.165) is 11.1 Å². The second kappa shape index (κ2) is 5.53. The fraction of sp³-hybridized carbons (Fsp3) is 0.0588. The maximum atomic E-state index is 5.00. The average molecular weight is 262 g/mol. The van der Waals surface area contributed by atoms with Gasteiger partial charge < -0.3 is 4.74 Å². The van der Waals surface area contributed by atoms with E-state index in [1.807, 2.05) is 30.3 Å². The highest BCUT2D eigenvalue weighted by Crippen LogP contribution is 2.31. The molecule has 0 spiro atoms. The summed E-state index contributed by atoms with van der Waals surface area (Å²) in [6, 6.07) is 18.9. The molecule has 98 valence electrons. The lowest BCUT2D eigenvalue weighted by atomic mass is 9.96. The number of aromatic nitrogens is 2. The third kappa shape index (κ3) is 2.38. The van der Waals surface area contributed by atoms with Crippen LogP contribution in [0.5, 0.6) is 6.01 Å². The van der Waals surface area contributed by atoms with E-state index in [0.29, 0.717) is 6.01 Å². The Balaban J connectivity index is 2.10. The monoisotopic (exact) mass is 262 g/mol. The van der Waals surface area contributed by atoms with Crippen molar-refractivity contribution in [3.05, 3.63) is 67.0 Å². The minimum atomic E-state index is 0.381. The molecule has 0 fully saturated rings. The van der Waals surface area contributed by atoms with Crippen molar-refractivity contribution in [3.63, 3.8) is 0 Å². The molecule has 3 aromatic rings. The summed E-state index contributed by atoms with van der Waals surface area (Å²) >= 11 is 0. The molecule has 0 aliphatic rings. The number of methoxy groups -OCH3 is 1. The van der Waals surface area contributed by atoms with Crippen LogP contribution >= 0.6 is 0 Å². The summed E-state index contributed by atoms with van der Waals surface area (Å²) in [4.78, 5) is 8.35. The quantitative estimate of drug-likeness (QED) is 0.719. The number of rotatable bonds is 3. The van der Waals surface area contributed by atoms with Crippen LogP contribution in [0.15, 0.2) is 67.0 Å². The molecule has 0 atom stereocenters. The summed E-state index contributed by atoms with van der Waals surface area (Å²) in [5, 5.41) is 0. The predicted octanol–water partition coefficient (Wildman–Crippen LogP) is 3.82. The van der Waals surface area contributed by atoms with Gasteiger partial charge in [0.2, 0.25) is 0 Å². The minimum absolute atomic E-state index is 0.381. The first kappa shape index (κ1) is 12.4. The van der Waals surface area contributed by atoms with Gasteiger partial charge in [0.1, 0.15) is 0 Å². The Hall–Kier alpha value is -2.68. The van der Waals surface area contributed by atoms with Crippen molar-refractivity contribution >= 4 is 0 Å². The molecule has 20 heavy (non-hydrogen) atoms. The topological polar surface area (TPSA) is 35.0 Å². The van der Waals surface area contributed by atoms with E-state index >= 15 is 0 Å². The smallest absolute Gasteiger partial charge is 0.316 e. The molecule has 0 bridgehead atoms. The lowest BCUT2D eigenvalue weighted by Crippen LogP contribution is -1.92. The largest absolute Gasteiger partial charge is 0.467 e. The normalized spacial score (nSPS) is 10.2. The van der Waals surface area contributed by atoms with Crippen molar-refractivity contribution in [1.29, 1.82) is 0 Å². The van der Waals surface area contributed by atoms with Crippen molar-refractivity contribution in [2.24, 2.45) is 0 Å². The third-order valence-electron chi connectivity index (χ3n) is 3.13. The Kier molecular flexibility index (Phi) is 3.42. The van der Waals surface area contributed by atoms with E-state index in [1.54, 1.807) is 19.5 Å². The van der Waals surface area contributed by atoms with Gasteiger partial charge in [0.25, 0.3) is 0 Å². The van der Waals surface area contributed by atoms with Crippen molar-refractivity contribution in [1.82, 2.24) is 9.97 Å². The molecular weight excluding hydrogens is 248 g/mol. The SMILES string of the molecule is COc1ncc(-c2ccccc2-c2ccccc2)cn1. The van der Waals surface area contributed by atoms with Gasteiger partial charge in [-0.05, 0) is 16.7 Å². The van der Waals surface area contributed by atoms with Crippen LogP contribution in [0, 0.1) is 0 Å². The van der Waals surface area contributed by atoms with Crippen LogP contribution in [0.4, 0.5) is 0 Å². The Bertz CT molecular complexity index is 694. The number of ether oxygens (including phenoxy) is 1. The number of hydrogen-bond acceptors (Lipinski definition) is 3. The first-order valence-electron chi connectivity index (χ1n) is 6.39. The Morgan fingerprint density at radius 3 is 1.85 bits per heavy atom. The summed E-state index contributed by atoms with van der Waals surface area (Å²) in [6.07, 6.45) is 3.57. The van der Waals surface area contributed by atoms with Gasteiger partial charge in [-0.15, -0.1) is 0 Å². The molecule has 0 amide bonds. The maximum Gasteiger partial charge on any atom is 0.316 e. The van der Waals surface area contributed by atoms with Gasteiger partial charge in [0, 0.05) is 18.0 Å². The van der Waals surface area contributed by atoms with Crippen LogP contribution in [0.3, 0.4) is 0 Å². The van der Waals surface area contributed by atoms with Crippen LogP contribution in [0.25, 0.3) is 22.3 Å². The van der Waals surface area contributed by atoms with Crippen LogP contribution in [0.2, 0.25) is 0 Å². The zero-order chi connectivity index (χ0) is 13.8. The van der Waals surface area contributed by atoms with Crippen molar-refractivity contribution < 1.29 is 4.74 Å². The molecule has 0 saturated carbocycles. The molecule has 0 N–H and O–H groups in total. The summed E-state index contributed by atoms with van der Waals surface area (Å²) < 4.78 is 5.00. The van der Waals surface area contributed by atoms with Gasteiger partial charge in [-0.3, -0.25) is 0 Å². The minimum Gasteiger partial charge on any atom is -0.467 e. The lowest BCUT2D eigenvalue weighted by Gasteiger charge is -2.09. The fourth-order valence-electron chi connectivity index (χ4n) is 2.16. The first-order valence-corrected chi connectivity index (χ1v) is 6.39. The highest BCUT2D eigenvalue weighted by molar-refractivity contribution is 5.82. The third-order valence-corrected chi connectivity index (χ3v) is 3.13. The van der Waals surface area contributed by atoms with Gasteiger partial charge in [-0.1, -0.05) is 54.6 Å². The van der Waals surface area contributed by atoms with E-state index < -0.39 is 0 Å². The zero-order valence-electron chi connectivity index (χ0n) is 11.2. The van der Waals surface area contributed by atoms with Crippen molar-refractivity contribution in [3.8, 4) is 28.3 Å². The van der Waals surface area contributed by atoms with Crippen LogP contribution in [-0.2, 0) is 0 Å². The summed E-state index contributed by atoms with van der Waals surface area (Å²) in [5.74, 6) is 0. The Morgan fingerprint density at radius 1 is 0.700 bits per heavy atom. The van der Waals surface area contributed by atoms with Crippen LogP contribution < -0.4 is 4.74 Å². The summed E-state index contributed by atoms with van der Waals surface area (Å²) in [6.45, 7) is 0. The number of hydrogen-bond donors (Lipinski definition) is 0. The van der Waals surface area contributed by atoms with E-state index in [9.17, 15) is 0 Å². The molecule has 0 saturated heterocycles.